The van der Waals surface area contributed by atoms with Crippen molar-refractivity contribution in [3.05, 3.63) is 64.2 Å². The Labute approximate surface area is 178 Å². The van der Waals surface area contributed by atoms with Crippen LogP contribution in [0.3, 0.4) is 0 Å². The number of carbonyl (C=O) groups is 1. The number of nitro benzene ring substituents is 1. The topological polar surface area (TPSA) is 103 Å². The lowest BCUT2D eigenvalue weighted by atomic mass is 10.2. The molecule has 0 aliphatic carbocycles. The van der Waals surface area contributed by atoms with E-state index >= 15 is 0 Å². The zero-order valence-electron chi connectivity index (χ0n) is 16.1. The highest BCUT2D eigenvalue weighted by atomic mass is 32.2. The Balaban J connectivity index is 1.68. The van der Waals surface area contributed by atoms with Crippen molar-refractivity contribution in [3.8, 4) is 11.4 Å². The number of nitrogens with zero attached hydrogens (tertiary/aromatic N) is 4. The normalized spacial score (nSPS) is 11.4. The van der Waals surface area contributed by atoms with Crippen LogP contribution in [0.5, 0.6) is 0 Å². The van der Waals surface area contributed by atoms with E-state index in [1.807, 2.05) is 6.92 Å². The minimum Gasteiger partial charge on any atom is -0.325 e. The van der Waals surface area contributed by atoms with Gasteiger partial charge in [0.2, 0.25) is 5.91 Å². The number of amides is 1. The lowest BCUT2D eigenvalue weighted by molar-refractivity contribution is -0.384. The first-order chi connectivity index (χ1) is 14.7. The smallest absolute Gasteiger partial charge is 0.325 e. The molecule has 1 N–H and O–H groups in total. The second kappa shape index (κ2) is 9.16. The van der Waals surface area contributed by atoms with Crippen LogP contribution in [0.25, 0.3) is 11.4 Å². The molecule has 0 bridgehead atoms. The average molecular weight is 451 g/mol. The number of alkyl halides is 3. The van der Waals surface area contributed by atoms with Gasteiger partial charge in [-0.05, 0) is 37.3 Å². The van der Waals surface area contributed by atoms with Crippen molar-refractivity contribution in [3.63, 3.8) is 0 Å². The molecule has 0 saturated carbocycles. The van der Waals surface area contributed by atoms with E-state index in [1.165, 1.54) is 24.3 Å². The Morgan fingerprint density at radius 2 is 1.90 bits per heavy atom. The minimum absolute atomic E-state index is 0.0453. The predicted octanol–water partition coefficient (Wildman–Crippen LogP) is 4.62. The lowest BCUT2D eigenvalue weighted by Gasteiger charge is -2.10. The number of hydrogen-bond acceptors (Lipinski definition) is 6. The van der Waals surface area contributed by atoms with Crippen molar-refractivity contribution < 1.29 is 22.9 Å². The molecule has 0 radical (unpaired) electrons. The molecular formula is C19H16F3N5O3S. The van der Waals surface area contributed by atoms with E-state index in [0.29, 0.717) is 23.1 Å². The number of hydrogen-bond donors (Lipinski definition) is 1. The molecule has 1 aromatic heterocycles. The van der Waals surface area contributed by atoms with Gasteiger partial charge in [-0.1, -0.05) is 17.8 Å². The van der Waals surface area contributed by atoms with Gasteiger partial charge in [-0.3, -0.25) is 14.9 Å². The zero-order valence-corrected chi connectivity index (χ0v) is 16.9. The average Bonchev–Trinajstić information content (AvgIpc) is 3.15. The summed E-state index contributed by atoms with van der Waals surface area (Å²) in [5.74, 6) is -0.0979. The Bertz CT molecular complexity index is 1100. The maximum atomic E-state index is 12.8. The van der Waals surface area contributed by atoms with E-state index in [0.717, 1.165) is 23.9 Å². The molecule has 31 heavy (non-hydrogen) atoms. The Hall–Kier alpha value is -3.41. The van der Waals surface area contributed by atoms with E-state index in [1.54, 1.807) is 16.7 Å². The molecule has 0 spiro atoms. The van der Waals surface area contributed by atoms with Crippen molar-refractivity contribution in [2.24, 2.45) is 0 Å². The zero-order chi connectivity index (χ0) is 22.6. The van der Waals surface area contributed by atoms with Crippen molar-refractivity contribution in [1.82, 2.24) is 14.8 Å². The highest BCUT2D eigenvalue weighted by Crippen LogP contribution is 2.31. The summed E-state index contributed by atoms with van der Waals surface area (Å²) in [6.45, 7) is 2.34. The highest BCUT2D eigenvalue weighted by Gasteiger charge is 2.30. The van der Waals surface area contributed by atoms with Crippen LogP contribution >= 0.6 is 11.8 Å². The molecule has 0 aliphatic rings. The van der Waals surface area contributed by atoms with E-state index < -0.39 is 22.6 Å². The summed E-state index contributed by atoms with van der Waals surface area (Å²) < 4.78 is 40.1. The second-order valence-electron chi connectivity index (χ2n) is 6.27. The van der Waals surface area contributed by atoms with Crippen molar-refractivity contribution in [1.29, 1.82) is 0 Å². The van der Waals surface area contributed by atoms with E-state index in [9.17, 15) is 28.1 Å². The third kappa shape index (κ3) is 5.40. The van der Waals surface area contributed by atoms with Gasteiger partial charge >= 0.3 is 6.18 Å². The van der Waals surface area contributed by atoms with Crippen LogP contribution in [0.15, 0.2) is 53.7 Å². The van der Waals surface area contributed by atoms with Gasteiger partial charge in [-0.15, -0.1) is 10.2 Å². The fourth-order valence-corrected chi connectivity index (χ4v) is 3.53. The van der Waals surface area contributed by atoms with Crippen LogP contribution in [0.1, 0.15) is 12.5 Å². The molecule has 0 fully saturated rings. The number of halogens is 3. The van der Waals surface area contributed by atoms with Gasteiger partial charge in [0.1, 0.15) is 0 Å². The molecule has 3 rings (SSSR count). The largest absolute Gasteiger partial charge is 0.416 e. The molecule has 12 heteroatoms. The summed E-state index contributed by atoms with van der Waals surface area (Å²) in [5, 5.41) is 21.8. The molecule has 2 aromatic carbocycles. The number of anilines is 1. The summed E-state index contributed by atoms with van der Waals surface area (Å²) in [7, 11) is 0. The molecule has 0 aliphatic heterocycles. The highest BCUT2D eigenvalue weighted by molar-refractivity contribution is 7.99. The van der Waals surface area contributed by atoms with Gasteiger partial charge in [0.05, 0.1) is 16.2 Å². The number of nitro groups is 1. The first-order valence-electron chi connectivity index (χ1n) is 8.97. The molecule has 8 nitrogen and oxygen atoms in total. The number of non-ortho nitro benzene ring substituents is 1. The van der Waals surface area contributed by atoms with Crippen LogP contribution in [-0.4, -0.2) is 31.3 Å². The van der Waals surface area contributed by atoms with Crippen LogP contribution in [0.2, 0.25) is 0 Å². The molecule has 1 heterocycles. The third-order valence-corrected chi connectivity index (χ3v) is 5.14. The maximum Gasteiger partial charge on any atom is 0.416 e. The van der Waals surface area contributed by atoms with E-state index in [2.05, 4.69) is 15.5 Å². The molecular weight excluding hydrogens is 435 g/mol. The number of aromatic nitrogens is 3. The Morgan fingerprint density at radius 3 is 2.52 bits per heavy atom. The van der Waals surface area contributed by atoms with E-state index in [-0.39, 0.29) is 17.1 Å². The van der Waals surface area contributed by atoms with Crippen molar-refractivity contribution >= 4 is 29.0 Å². The number of rotatable bonds is 7. The van der Waals surface area contributed by atoms with Gasteiger partial charge in [0.15, 0.2) is 11.0 Å². The fourth-order valence-electron chi connectivity index (χ4n) is 2.73. The number of nitrogens with one attached hydrogen (secondary N) is 1. The monoisotopic (exact) mass is 451 g/mol. The summed E-state index contributed by atoms with van der Waals surface area (Å²) >= 11 is 1.08. The Morgan fingerprint density at radius 1 is 1.19 bits per heavy atom. The molecule has 0 atom stereocenters. The number of thioether (sulfide) groups is 1. The number of carbonyl (C=O) groups excluding carboxylic acids is 1. The fraction of sp³-hybridized carbons (Fsp3) is 0.211. The standard InChI is InChI=1S/C19H16F3N5O3S/c1-2-26-17(12-6-8-15(9-7-12)27(29)30)24-25-18(26)31-11-16(28)23-14-5-3-4-13(10-14)19(20,21)22/h3-10H,2,11H2,1H3,(H,23,28). The predicted molar refractivity (Wildman–Crippen MR) is 109 cm³/mol. The molecule has 0 saturated heterocycles. The van der Waals surface area contributed by atoms with Crippen molar-refractivity contribution in [2.45, 2.75) is 24.8 Å². The minimum atomic E-state index is -4.50. The van der Waals surface area contributed by atoms with Gasteiger partial charge in [0.25, 0.3) is 5.69 Å². The van der Waals surface area contributed by atoms with Gasteiger partial charge < -0.3 is 9.88 Å². The summed E-state index contributed by atoms with van der Waals surface area (Å²) in [4.78, 5) is 22.5. The molecule has 1 amide bonds. The summed E-state index contributed by atoms with van der Waals surface area (Å²) in [6.07, 6.45) is -4.50. The van der Waals surface area contributed by atoms with E-state index in [4.69, 9.17) is 0 Å². The lowest BCUT2D eigenvalue weighted by Crippen LogP contribution is -2.15. The van der Waals surface area contributed by atoms with Gasteiger partial charge in [-0.25, -0.2) is 0 Å². The van der Waals surface area contributed by atoms with Crippen LogP contribution in [-0.2, 0) is 17.5 Å². The second-order valence-corrected chi connectivity index (χ2v) is 7.21. The van der Waals surface area contributed by atoms with Crippen LogP contribution in [0.4, 0.5) is 24.5 Å². The van der Waals surface area contributed by atoms with Crippen LogP contribution < -0.4 is 5.32 Å². The first kappa shape index (κ1) is 22.3. The summed E-state index contributed by atoms with van der Waals surface area (Å²) in [5.41, 5.74) is -0.229. The molecule has 0 unspecified atom stereocenters. The van der Waals surface area contributed by atoms with Gasteiger partial charge in [-0.2, -0.15) is 13.2 Å². The molecule has 3 aromatic rings. The van der Waals surface area contributed by atoms with Crippen LogP contribution in [0, 0.1) is 10.1 Å². The molecule has 162 valence electrons. The third-order valence-electron chi connectivity index (χ3n) is 4.18. The summed E-state index contributed by atoms with van der Waals surface area (Å²) in [6, 6.07) is 10.2. The first-order valence-corrected chi connectivity index (χ1v) is 9.95. The van der Waals surface area contributed by atoms with Gasteiger partial charge in [0, 0.05) is 29.9 Å². The van der Waals surface area contributed by atoms with Crippen molar-refractivity contribution in [2.75, 3.05) is 11.1 Å². The number of benzene rings is 2. The Kier molecular flexibility index (Phi) is 6.59. The SMILES string of the molecule is CCn1c(SCC(=O)Nc2cccc(C(F)(F)F)c2)nnc1-c1ccc([N+](=O)[O-])cc1. The maximum absolute atomic E-state index is 12.8. The quantitative estimate of drug-likeness (QED) is 0.319.